The van der Waals surface area contributed by atoms with Gasteiger partial charge in [-0.1, -0.05) is 29.3 Å². The Morgan fingerprint density at radius 2 is 1.80 bits per heavy atom. The number of anilines is 1. The second-order valence-electron chi connectivity index (χ2n) is 4.14. The lowest BCUT2D eigenvalue weighted by molar-refractivity contribution is 0.599. The van der Waals surface area contributed by atoms with Crippen LogP contribution in [0.1, 0.15) is 5.56 Å². The molecule has 2 aromatic rings. The Labute approximate surface area is 126 Å². The Balaban J connectivity index is 2.40. The fraction of sp³-hybridized carbons (Fsp3) is 0.0769. The lowest BCUT2D eigenvalue weighted by Gasteiger charge is -2.11. The number of nitrogens with one attached hydrogen (secondary N) is 1. The Hall–Kier alpha value is -1.30. The van der Waals surface area contributed by atoms with Crippen LogP contribution in [0, 0.1) is 12.7 Å². The van der Waals surface area contributed by atoms with Crippen LogP contribution in [-0.2, 0) is 10.0 Å². The van der Waals surface area contributed by atoms with Crippen LogP contribution in [0.25, 0.3) is 0 Å². The quantitative estimate of drug-likeness (QED) is 0.912. The SMILES string of the molecule is Cc1ccc(Cl)cc1NS(=O)(=O)c1ccc(F)c(Cl)c1. The molecule has 0 aliphatic carbocycles. The van der Waals surface area contributed by atoms with Gasteiger partial charge in [-0.25, -0.2) is 12.8 Å². The molecule has 2 aromatic carbocycles. The van der Waals surface area contributed by atoms with Gasteiger partial charge in [-0.05, 0) is 42.8 Å². The van der Waals surface area contributed by atoms with Gasteiger partial charge in [-0.3, -0.25) is 4.72 Å². The third kappa shape index (κ3) is 3.23. The first-order valence-electron chi connectivity index (χ1n) is 5.53. The summed E-state index contributed by atoms with van der Waals surface area (Å²) in [6.07, 6.45) is 0. The molecule has 0 unspecified atom stereocenters. The topological polar surface area (TPSA) is 46.2 Å². The molecule has 0 fully saturated rings. The maximum Gasteiger partial charge on any atom is 0.261 e. The minimum Gasteiger partial charge on any atom is -0.279 e. The normalized spacial score (nSPS) is 11.4. The molecule has 20 heavy (non-hydrogen) atoms. The lowest BCUT2D eigenvalue weighted by atomic mass is 10.2. The molecule has 7 heteroatoms. The molecule has 0 amide bonds. The number of rotatable bonds is 3. The highest BCUT2D eigenvalue weighted by Crippen LogP contribution is 2.25. The first kappa shape index (κ1) is 15.1. The highest BCUT2D eigenvalue weighted by molar-refractivity contribution is 7.92. The Morgan fingerprint density at radius 1 is 1.10 bits per heavy atom. The third-order valence-corrected chi connectivity index (χ3v) is 4.53. The summed E-state index contributed by atoms with van der Waals surface area (Å²) in [7, 11) is -3.85. The fourth-order valence-corrected chi connectivity index (χ4v) is 3.12. The van der Waals surface area contributed by atoms with E-state index in [0.717, 1.165) is 18.2 Å². The third-order valence-electron chi connectivity index (χ3n) is 2.65. The summed E-state index contributed by atoms with van der Waals surface area (Å²) in [5.74, 6) is -0.676. The zero-order valence-electron chi connectivity index (χ0n) is 10.3. The van der Waals surface area contributed by atoms with E-state index >= 15 is 0 Å². The van der Waals surface area contributed by atoms with Gasteiger partial charge >= 0.3 is 0 Å². The van der Waals surface area contributed by atoms with Gasteiger partial charge in [0.05, 0.1) is 15.6 Å². The highest BCUT2D eigenvalue weighted by Gasteiger charge is 2.17. The fourth-order valence-electron chi connectivity index (χ4n) is 1.55. The number of aryl methyl sites for hydroxylation is 1. The van der Waals surface area contributed by atoms with Gasteiger partial charge in [0, 0.05) is 5.02 Å². The van der Waals surface area contributed by atoms with Gasteiger partial charge in [0.2, 0.25) is 0 Å². The summed E-state index contributed by atoms with van der Waals surface area (Å²) in [5, 5.41) is 0.154. The van der Waals surface area contributed by atoms with Gasteiger partial charge < -0.3 is 0 Å². The predicted molar refractivity (Wildman–Crippen MR) is 78.4 cm³/mol. The molecule has 106 valence electrons. The van der Waals surface area contributed by atoms with E-state index in [2.05, 4.69) is 4.72 Å². The molecule has 2 rings (SSSR count). The van der Waals surface area contributed by atoms with E-state index in [0.29, 0.717) is 16.3 Å². The van der Waals surface area contributed by atoms with Crippen LogP contribution in [0.3, 0.4) is 0 Å². The van der Waals surface area contributed by atoms with E-state index in [4.69, 9.17) is 23.2 Å². The average molecular weight is 334 g/mol. The van der Waals surface area contributed by atoms with Crippen molar-refractivity contribution in [1.82, 2.24) is 0 Å². The largest absolute Gasteiger partial charge is 0.279 e. The number of hydrogen-bond donors (Lipinski definition) is 1. The molecule has 1 N–H and O–H groups in total. The van der Waals surface area contributed by atoms with Gasteiger partial charge in [0.15, 0.2) is 0 Å². The van der Waals surface area contributed by atoms with Crippen molar-refractivity contribution in [3.05, 3.63) is 57.8 Å². The van der Waals surface area contributed by atoms with Crippen LogP contribution in [0.15, 0.2) is 41.3 Å². The summed E-state index contributed by atoms with van der Waals surface area (Å²) in [6.45, 7) is 1.74. The van der Waals surface area contributed by atoms with Crippen molar-refractivity contribution in [2.24, 2.45) is 0 Å². The predicted octanol–water partition coefficient (Wildman–Crippen LogP) is 4.24. The van der Waals surface area contributed by atoms with Crippen molar-refractivity contribution >= 4 is 38.9 Å². The number of hydrogen-bond acceptors (Lipinski definition) is 2. The molecule has 0 saturated heterocycles. The molecule has 0 spiro atoms. The summed E-state index contributed by atoms with van der Waals surface area (Å²) in [5.41, 5.74) is 1.07. The summed E-state index contributed by atoms with van der Waals surface area (Å²) < 4.78 is 39.8. The molecule has 0 bridgehead atoms. The minimum atomic E-state index is -3.85. The summed E-state index contributed by atoms with van der Waals surface area (Å²) in [6, 6.07) is 8.05. The van der Waals surface area contributed by atoms with Crippen molar-refractivity contribution < 1.29 is 12.8 Å². The van der Waals surface area contributed by atoms with Crippen molar-refractivity contribution in [3.63, 3.8) is 0 Å². The maximum atomic E-state index is 13.1. The van der Waals surface area contributed by atoms with Crippen LogP contribution in [0.2, 0.25) is 10.0 Å². The standard InChI is InChI=1S/C13H10Cl2FNO2S/c1-8-2-3-9(14)6-13(8)17-20(18,19)10-4-5-12(16)11(15)7-10/h2-7,17H,1H3. The molecular formula is C13H10Cl2FNO2S. The zero-order chi connectivity index (χ0) is 14.9. The van der Waals surface area contributed by atoms with Crippen molar-refractivity contribution in [2.45, 2.75) is 11.8 Å². The molecule has 0 radical (unpaired) electrons. The van der Waals surface area contributed by atoms with Crippen molar-refractivity contribution in [3.8, 4) is 0 Å². The van der Waals surface area contributed by atoms with E-state index in [1.165, 1.54) is 6.07 Å². The van der Waals surface area contributed by atoms with E-state index in [-0.39, 0.29) is 9.92 Å². The van der Waals surface area contributed by atoms with E-state index in [1.54, 1.807) is 19.1 Å². The van der Waals surface area contributed by atoms with Crippen LogP contribution in [-0.4, -0.2) is 8.42 Å². The molecule has 0 aliphatic heterocycles. The van der Waals surface area contributed by atoms with Gasteiger partial charge in [-0.15, -0.1) is 0 Å². The Morgan fingerprint density at radius 3 is 2.45 bits per heavy atom. The second-order valence-corrected chi connectivity index (χ2v) is 6.67. The molecule has 3 nitrogen and oxygen atoms in total. The maximum absolute atomic E-state index is 13.1. The van der Waals surface area contributed by atoms with Crippen molar-refractivity contribution in [2.75, 3.05) is 4.72 Å². The van der Waals surface area contributed by atoms with Crippen LogP contribution < -0.4 is 4.72 Å². The second kappa shape index (κ2) is 5.60. The number of halogens is 3. The van der Waals surface area contributed by atoms with Gasteiger partial charge in [0.1, 0.15) is 5.82 Å². The monoisotopic (exact) mass is 333 g/mol. The molecule has 0 heterocycles. The molecular weight excluding hydrogens is 324 g/mol. The smallest absolute Gasteiger partial charge is 0.261 e. The molecule has 0 saturated carbocycles. The zero-order valence-corrected chi connectivity index (χ0v) is 12.7. The van der Waals surface area contributed by atoms with Gasteiger partial charge in [-0.2, -0.15) is 0 Å². The average Bonchev–Trinajstić information content (AvgIpc) is 2.36. The highest BCUT2D eigenvalue weighted by atomic mass is 35.5. The van der Waals surface area contributed by atoms with Crippen molar-refractivity contribution in [1.29, 1.82) is 0 Å². The molecule has 0 atom stereocenters. The number of benzene rings is 2. The first-order chi connectivity index (χ1) is 9.29. The summed E-state index contributed by atoms with van der Waals surface area (Å²) >= 11 is 11.4. The number of sulfonamides is 1. The minimum absolute atomic E-state index is 0.122. The van der Waals surface area contributed by atoms with Crippen LogP contribution >= 0.6 is 23.2 Å². The van der Waals surface area contributed by atoms with Crippen LogP contribution in [0.5, 0.6) is 0 Å². The van der Waals surface area contributed by atoms with Crippen LogP contribution in [0.4, 0.5) is 10.1 Å². The van der Waals surface area contributed by atoms with E-state index < -0.39 is 15.8 Å². The van der Waals surface area contributed by atoms with E-state index in [9.17, 15) is 12.8 Å². The first-order valence-corrected chi connectivity index (χ1v) is 7.77. The molecule has 0 aliphatic rings. The lowest BCUT2D eigenvalue weighted by Crippen LogP contribution is -2.13. The Bertz CT molecular complexity index is 763. The molecule has 0 aromatic heterocycles. The Kier molecular flexibility index (Phi) is 4.22. The van der Waals surface area contributed by atoms with Gasteiger partial charge in [0.25, 0.3) is 10.0 Å². The van der Waals surface area contributed by atoms with E-state index in [1.807, 2.05) is 0 Å². The summed E-state index contributed by atoms with van der Waals surface area (Å²) in [4.78, 5) is -0.122.